The number of carbonyl (C=O) groups is 1. The zero-order valence-corrected chi connectivity index (χ0v) is 8.16. The first-order chi connectivity index (χ1) is 6.77. The van der Waals surface area contributed by atoms with E-state index in [0.717, 1.165) is 5.56 Å². The summed E-state index contributed by atoms with van der Waals surface area (Å²) in [5.41, 5.74) is 1.33. The molecule has 0 saturated carbocycles. The third-order valence-electron chi connectivity index (χ3n) is 1.67. The van der Waals surface area contributed by atoms with Crippen LogP contribution in [0.1, 0.15) is 22.3 Å². The van der Waals surface area contributed by atoms with Crippen LogP contribution >= 0.6 is 11.6 Å². The summed E-state index contributed by atoms with van der Waals surface area (Å²) in [6, 6.07) is 7.14. The average molecular weight is 206 g/mol. The minimum absolute atomic E-state index is 0.360. The topological polar surface area (TPSA) is 40.9 Å². The van der Waals surface area contributed by atoms with Gasteiger partial charge in [0.1, 0.15) is 0 Å². The van der Waals surface area contributed by atoms with Crippen LogP contribution in [0.2, 0.25) is 5.02 Å². The van der Waals surface area contributed by atoms with Gasteiger partial charge in [-0.3, -0.25) is 4.79 Å². The number of benzene rings is 1. The molecular formula is C11H8ClNO. The van der Waals surface area contributed by atoms with Crippen molar-refractivity contribution in [3.63, 3.8) is 0 Å². The van der Waals surface area contributed by atoms with Gasteiger partial charge in [0.25, 0.3) is 0 Å². The molecule has 0 bridgehead atoms. The molecule has 0 N–H and O–H groups in total. The fraction of sp³-hybridized carbons (Fsp3) is 0.0909. The number of nitrogens with zero attached hydrogens (tertiary/aromatic N) is 1. The van der Waals surface area contributed by atoms with Gasteiger partial charge in [-0.05, 0) is 17.7 Å². The molecule has 0 aliphatic rings. The fourth-order valence-electron chi connectivity index (χ4n) is 1.00. The van der Waals surface area contributed by atoms with E-state index in [4.69, 9.17) is 16.9 Å². The molecule has 0 spiro atoms. The molecule has 0 unspecified atom stereocenters. The molecule has 0 aromatic heterocycles. The number of rotatable bonds is 3. The Labute approximate surface area is 87.4 Å². The lowest BCUT2D eigenvalue weighted by Crippen LogP contribution is -1.82. The van der Waals surface area contributed by atoms with Crippen LogP contribution < -0.4 is 0 Å². The number of allylic oxidation sites excluding steroid dienone is 1. The van der Waals surface area contributed by atoms with Crippen molar-refractivity contribution in [2.75, 3.05) is 0 Å². The van der Waals surface area contributed by atoms with Crippen molar-refractivity contribution >= 4 is 24.0 Å². The normalized spacial score (nSPS) is 10.0. The van der Waals surface area contributed by atoms with Crippen LogP contribution in [-0.2, 0) is 0 Å². The number of nitriles is 1. The maximum Gasteiger partial charge on any atom is 0.151 e. The van der Waals surface area contributed by atoms with Crippen LogP contribution in [0.25, 0.3) is 6.08 Å². The molecule has 14 heavy (non-hydrogen) atoms. The van der Waals surface area contributed by atoms with Crippen molar-refractivity contribution in [3.05, 3.63) is 40.4 Å². The van der Waals surface area contributed by atoms with Crippen molar-refractivity contribution in [1.82, 2.24) is 0 Å². The number of halogens is 1. The predicted octanol–water partition coefficient (Wildman–Crippen LogP) is 3.08. The van der Waals surface area contributed by atoms with Gasteiger partial charge in [0.2, 0.25) is 0 Å². The highest BCUT2D eigenvalue weighted by atomic mass is 35.5. The van der Waals surface area contributed by atoms with Crippen LogP contribution in [0.5, 0.6) is 0 Å². The predicted molar refractivity (Wildman–Crippen MR) is 56.1 cm³/mol. The van der Waals surface area contributed by atoms with Crippen LogP contribution in [0.4, 0.5) is 0 Å². The highest BCUT2D eigenvalue weighted by Gasteiger charge is 1.98. The second-order valence-electron chi connectivity index (χ2n) is 2.66. The van der Waals surface area contributed by atoms with Gasteiger partial charge in [-0.15, -0.1) is 0 Å². The zero-order valence-electron chi connectivity index (χ0n) is 7.40. The zero-order chi connectivity index (χ0) is 10.4. The third kappa shape index (κ3) is 2.72. The van der Waals surface area contributed by atoms with E-state index in [9.17, 15) is 4.79 Å². The van der Waals surface area contributed by atoms with Gasteiger partial charge in [-0.25, -0.2) is 0 Å². The lowest BCUT2D eigenvalue weighted by atomic mass is 10.1. The van der Waals surface area contributed by atoms with Crippen molar-refractivity contribution in [3.8, 4) is 6.07 Å². The van der Waals surface area contributed by atoms with E-state index >= 15 is 0 Å². The molecule has 3 heteroatoms. The summed E-state index contributed by atoms with van der Waals surface area (Å²) in [4.78, 5) is 10.5. The van der Waals surface area contributed by atoms with E-state index in [-0.39, 0.29) is 0 Å². The molecule has 1 rings (SSSR count). The van der Waals surface area contributed by atoms with Crippen molar-refractivity contribution in [1.29, 1.82) is 5.26 Å². The monoisotopic (exact) mass is 205 g/mol. The Morgan fingerprint density at radius 3 is 2.93 bits per heavy atom. The molecule has 0 atom stereocenters. The molecular weight excluding hydrogens is 198 g/mol. The van der Waals surface area contributed by atoms with Gasteiger partial charge >= 0.3 is 0 Å². The summed E-state index contributed by atoms with van der Waals surface area (Å²) < 4.78 is 0. The Hall–Kier alpha value is -1.59. The van der Waals surface area contributed by atoms with Crippen LogP contribution in [-0.4, -0.2) is 6.29 Å². The lowest BCUT2D eigenvalue weighted by molar-refractivity contribution is 0.112. The second-order valence-corrected chi connectivity index (χ2v) is 3.07. The quantitative estimate of drug-likeness (QED) is 0.712. The maximum absolute atomic E-state index is 10.5. The SMILES string of the molecule is N#CCC=Cc1ccc(Cl)c(C=O)c1. The minimum Gasteiger partial charge on any atom is -0.298 e. The summed E-state index contributed by atoms with van der Waals surface area (Å²) in [5, 5.41) is 8.75. The summed E-state index contributed by atoms with van der Waals surface area (Å²) in [6.45, 7) is 0. The average Bonchev–Trinajstić information content (AvgIpc) is 2.21. The second kappa shape index (κ2) is 5.21. The highest BCUT2D eigenvalue weighted by molar-refractivity contribution is 6.33. The van der Waals surface area contributed by atoms with Gasteiger partial charge in [0.05, 0.1) is 17.5 Å². The van der Waals surface area contributed by atoms with Crippen molar-refractivity contribution in [2.24, 2.45) is 0 Å². The molecule has 0 heterocycles. The van der Waals surface area contributed by atoms with E-state index in [0.29, 0.717) is 23.3 Å². The standard InChI is InChI=1S/C11H8ClNO/c12-11-5-4-9(3-1-2-6-13)7-10(11)8-14/h1,3-5,7-8H,2H2. The summed E-state index contributed by atoms with van der Waals surface area (Å²) in [7, 11) is 0. The first-order valence-electron chi connectivity index (χ1n) is 4.06. The van der Waals surface area contributed by atoms with Gasteiger partial charge < -0.3 is 0 Å². The van der Waals surface area contributed by atoms with E-state index < -0.39 is 0 Å². The third-order valence-corrected chi connectivity index (χ3v) is 2.01. The number of carbonyl (C=O) groups excluding carboxylic acids is 1. The number of hydrogen-bond acceptors (Lipinski definition) is 2. The molecule has 2 nitrogen and oxygen atoms in total. The van der Waals surface area contributed by atoms with E-state index in [1.165, 1.54) is 0 Å². The van der Waals surface area contributed by atoms with Gasteiger partial charge in [-0.2, -0.15) is 5.26 Å². The fourth-order valence-corrected chi connectivity index (χ4v) is 1.17. The summed E-state index contributed by atoms with van der Waals surface area (Å²) in [5.74, 6) is 0. The smallest absolute Gasteiger partial charge is 0.151 e. The van der Waals surface area contributed by atoms with Gasteiger partial charge in [0.15, 0.2) is 6.29 Å². The first-order valence-corrected chi connectivity index (χ1v) is 4.44. The maximum atomic E-state index is 10.5. The molecule has 0 aliphatic heterocycles. The Morgan fingerprint density at radius 1 is 1.50 bits per heavy atom. The van der Waals surface area contributed by atoms with E-state index in [1.54, 1.807) is 30.4 Å². The molecule has 0 radical (unpaired) electrons. The molecule has 0 aliphatic carbocycles. The van der Waals surface area contributed by atoms with Crippen LogP contribution in [0, 0.1) is 11.3 Å². The Kier molecular flexibility index (Phi) is 3.90. The van der Waals surface area contributed by atoms with E-state index in [2.05, 4.69) is 0 Å². The Balaban J connectivity index is 2.90. The lowest BCUT2D eigenvalue weighted by Gasteiger charge is -1.97. The van der Waals surface area contributed by atoms with Gasteiger partial charge in [0, 0.05) is 5.56 Å². The minimum atomic E-state index is 0.360. The van der Waals surface area contributed by atoms with Crippen molar-refractivity contribution in [2.45, 2.75) is 6.42 Å². The Bertz CT molecular complexity index is 404. The van der Waals surface area contributed by atoms with Crippen LogP contribution in [0.3, 0.4) is 0 Å². The molecule has 0 fully saturated rings. The Morgan fingerprint density at radius 2 is 2.29 bits per heavy atom. The van der Waals surface area contributed by atoms with E-state index in [1.807, 2.05) is 6.07 Å². The molecule has 1 aromatic carbocycles. The molecule has 1 aromatic rings. The summed E-state index contributed by atoms with van der Waals surface area (Å²) in [6.07, 6.45) is 4.59. The molecule has 70 valence electrons. The molecule has 0 amide bonds. The molecule has 0 saturated heterocycles. The van der Waals surface area contributed by atoms with Crippen LogP contribution in [0.15, 0.2) is 24.3 Å². The highest BCUT2D eigenvalue weighted by Crippen LogP contribution is 2.16. The largest absolute Gasteiger partial charge is 0.298 e. The van der Waals surface area contributed by atoms with Gasteiger partial charge in [-0.1, -0.05) is 29.8 Å². The summed E-state index contributed by atoms with van der Waals surface area (Å²) >= 11 is 5.75. The van der Waals surface area contributed by atoms with Crippen molar-refractivity contribution < 1.29 is 4.79 Å². The number of hydrogen-bond donors (Lipinski definition) is 0. The first kappa shape index (κ1) is 10.5. The number of aldehydes is 1.